The minimum Gasteiger partial charge on any atom is -0.480 e. The first-order valence-electron chi connectivity index (χ1n) is 6.68. The first kappa shape index (κ1) is 13.3. The average molecular weight is 286 g/mol. The molecule has 108 valence electrons. The normalized spacial score (nSPS) is 17.9. The number of rotatable bonds is 3. The maximum atomic E-state index is 12.4. The number of nitrogens with zero attached hydrogens (tertiary/aromatic N) is 4. The molecular formula is C14H14N4O3. The van der Waals surface area contributed by atoms with Crippen LogP contribution in [0.1, 0.15) is 23.3 Å². The number of aromatic nitrogens is 3. The summed E-state index contributed by atoms with van der Waals surface area (Å²) in [4.78, 5) is 24.8. The van der Waals surface area contributed by atoms with Crippen molar-refractivity contribution < 1.29 is 14.7 Å². The molecule has 0 unspecified atom stereocenters. The van der Waals surface area contributed by atoms with Crippen LogP contribution in [-0.4, -0.2) is 49.5 Å². The molecular weight excluding hydrogens is 272 g/mol. The molecule has 1 saturated heterocycles. The van der Waals surface area contributed by atoms with Crippen LogP contribution in [0.15, 0.2) is 36.5 Å². The van der Waals surface area contributed by atoms with Crippen LogP contribution in [0.4, 0.5) is 0 Å². The molecule has 0 aliphatic carbocycles. The fourth-order valence-corrected chi connectivity index (χ4v) is 2.48. The third-order valence-electron chi connectivity index (χ3n) is 3.53. The molecule has 2 heterocycles. The first-order valence-corrected chi connectivity index (χ1v) is 6.68. The highest BCUT2D eigenvalue weighted by Crippen LogP contribution is 2.19. The number of carboxylic acids is 1. The van der Waals surface area contributed by atoms with Gasteiger partial charge in [0, 0.05) is 6.54 Å². The second-order valence-electron chi connectivity index (χ2n) is 4.88. The Kier molecular flexibility index (Phi) is 3.39. The number of likely N-dealkylation sites (tertiary alicyclic amines) is 1. The number of carbonyl (C=O) groups excluding carboxylic acids is 1. The van der Waals surface area contributed by atoms with E-state index >= 15 is 0 Å². The zero-order valence-corrected chi connectivity index (χ0v) is 11.2. The van der Waals surface area contributed by atoms with Crippen molar-refractivity contribution in [1.29, 1.82) is 0 Å². The molecule has 0 bridgehead atoms. The van der Waals surface area contributed by atoms with E-state index < -0.39 is 12.0 Å². The average Bonchev–Trinajstić information content (AvgIpc) is 3.17. The van der Waals surface area contributed by atoms with Crippen LogP contribution in [0.5, 0.6) is 0 Å². The summed E-state index contributed by atoms with van der Waals surface area (Å²) in [7, 11) is 0. The molecule has 1 atom stereocenters. The monoisotopic (exact) mass is 286 g/mol. The molecule has 1 N–H and O–H groups in total. The van der Waals surface area contributed by atoms with Crippen LogP contribution in [0.3, 0.4) is 0 Å². The Morgan fingerprint density at radius 2 is 2.00 bits per heavy atom. The number of hydrogen-bond acceptors (Lipinski definition) is 4. The van der Waals surface area contributed by atoms with Gasteiger partial charge in [-0.15, -0.1) is 5.10 Å². The number of aliphatic carboxylic acids is 1. The van der Waals surface area contributed by atoms with E-state index in [4.69, 9.17) is 5.11 Å². The number of hydrogen-bond donors (Lipinski definition) is 1. The molecule has 1 aliphatic rings. The van der Waals surface area contributed by atoms with Crippen LogP contribution in [0.2, 0.25) is 0 Å². The molecule has 1 fully saturated rings. The van der Waals surface area contributed by atoms with Gasteiger partial charge in [0.05, 0.1) is 11.9 Å². The topological polar surface area (TPSA) is 88.3 Å². The van der Waals surface area contributed by atoms with Crippen molar-refractivity contribution in [3.8, 4) is 5.69 Å². The predicted molar refractivity (Wildman–Crippen MR) is 73.1 cm³/mol. The second kappa shape index (κ2) is 5.35. The van der Waals surface area contributed by atoms with Crippen LogP contribution >= 0.6 is 0 Å². The lowest BCUT2D eigenvalue weighted by atomic mass is 10.2. The van der Waals surface area contributed by atoms with Crippen molar-refractivity contribution in [3.63, 3.8) is 0 Å². The standard InChI is InChI=1S/C14H14N4O3/c19-13(17-8-4-7-12(17)14(20)21)11-9-18(16-15-11)10-5-2-1-3-6-10/h1-3,5-6,9,12H,4,7-8H2,(H,20,21)/t12-/m1/s1. The van der Waals surface area contributed by atoms with Gasteiger partial charge >= 0.3 is 5.97 Å². The minimum absolute atomic E-state index is 0.159. The fourth-order valence-electron chi connectivity index (χ4n) is 2.48. The zero-order chi connectivity index (χ0) is 14.8. The van der Waals surface area contributed by atoms with Gasteiger partial charge in [-0.05, 0) is 25.0 Å². The summed E-state index contributed by atoms with van der Waals surface area (Å²) >= 11 is 0. The molecule has 7 nitrogen and oxygen atoms in total. The fraction of sp³-hybridized carbons (Fsp3) is 0.286. The Labute approximate surface area is 120 Å². The number of amides is 1. The van der Waals surface area contributed by atoms with Crippen LogP contribution in [0.25, 0.3) is 5.69 Å². The van der Waals surface area contributed by atoms with Gasteiger partial charge in [0.1, 0.15) is 6.04 Å². The first-order chi connectivity index (χ1) is 10.2. The van der Waals surface area contributed by atoms with Gasteiger partial charge in [0.15, 0.2) is 5.69 Å². The smallest absolute Gasteiger partial charge is 0.326 e. The van der Waals surface area contributed by atoms with Gasteiger partial charge in [0.2, 0.25) is 0 Å². The molecule has 21 heavy (non-hydrogen) atoms. The number of benzene rings is 1. The van der Waals surface area contributed by atoms with Crippen molar-refractivity contribution >= 4 is 11.9 Å². The van der Waals surface area contributed by atoms with E-state index in [1.54, 1.807) is 0 Å². The molecule has 3 rings (SSSR count). The van der Waals surface area contributed by atoms with Crippen LogP contribution < -0.4 is 0 Å². The van der Waals surface area contributed by atoms with Gasteiger partial charge < -0.3 is 10.0 Å². The molecule has 1 amide bonds. The Bertz CT molecular complexity index is 668. The summed E-state index contributed by atoms with van der Waals surface area (Å²) in [6, 6.07) is 8.53. The Morgan fingerprint density at radius 1 is 1.24 bits per heavy atom. The van der Waals surface area contributed by atoms with Crippen LogP contribution in [-0.2, 0) is 4.79 Å². The quantitative estimate of drug-likeness (QED) is 0.907. The van der Waals surface area contributed by atoms with E-state index in [1.807, 2.05) is 30.3 Å². The highest BCUT2D eigenvalue weighted by Gasteiger charge is 2.35. The van der Waals surface area contributed by atoms with E-state index in [9.17, 15) is 9.59 Å². The molecule has 1 aromatic heterocycles. The lowest BCUT2D eigenvalue weighted by Gasteiger charge is -2.19. The lowest BCUT2D eigenvalue weighted by molar-refractivity contribution is -0.141. The summed E-state index contributed by atoms with van der Waals surface area (Å²) in [5, 5.41) is 16.9. The van der Waals surface area contributed by atoms with Crippen molar-refractivity contribution in [3.05, 3.63) is 42.2 Å². The summed E-state index contributed by atoms with van der Waals surface area (Å²) in [5.41, 5.74) is 0.951. The third kappa shape index (κ3) is 2.49. The highest BCUT2D eigenvalue weighted by atomic mass is 16.4. The van der Waals surface area contributed by atoms with Gasteiger partial charge in [-0.1, -0.05) is 23.4 Å². The summed E-state index contributed by atoms with van der Waals surface area (Å²) in [6.45, 7) is 0.438. The summed E-state index contributed by atoms with van der Waals surface area (Å²) in [5.74, 6) is -1.36. The van der Waals surface area contributed by atoms with Crippen LogP contribution in [0, 0.1) is 0 Å². The van der Waals surface area contributed by atoms with Gasteiger partial charge in [-0.2, -0.15) is 0 Å². The SMILES string of the molecule is O=C(O)[C@H]1CCCN1C(=O)c1cn(-c2ccccc2)nn1. The third-order valence-corrected chi connectivity index (χ3v) is 3.53. The zero-order valence-electron chi connectivity index (χ0n) is 11.2. The van der Waals surface area contributed by atoms with Crippen molar-refractivity contribution in [2.24, 2.45) is 0 Å². The predicted octanol–water partition coefficient (Wildman–Crippen LogP) is 0.956. The van der Waals surface area contributed by atoms with E-state index in [0.717, 1.165) is 5.69 Å². The van der Waals surface area contributed by atoms with Crippen molar-refractivity contribution in [2.45, 2.75) is 18.9 Å². The molecule has 2 aromatic rings. The Balaban J connectivity index is 1.83. The van der Waals surface area contributed by atoms with Gasteiger partial charge in [-0.25, -0.2) is 9.48 Å². The molecule has 0 saturated carbocycles. The molecule has 7 heteroatoms. The Morgan fingerprint density at radius 3 is 2.71 bits per heavy atom. The lowest BCUT2D eigenvalue weighted by Crippen LogP contribution is -2.40. The van der Waals surface area contributed by atoms with E-state index in [0.29, 0.717) is 19.4 Å². The van der Waals surface area contributed by atoms with E-state index in [2.05, 4.69) is 10.3 Å². The molecule has 1 aliphatic heterocycles. The maximum absolute atomic E-state index is 12.4. The van der Waals surface area contributed by atoms with E-state index in [1.165, 1.54) is 15.8 Å². The summed E-state index contributed by atoms with van der Waals surface area (Å²) < 4.78 is 1.50. The number of para-hydroxylation sites is 1. The maximum Gasteiger partial charge on any atom is 0.326 e. The van der Waals surface area contributed by atoms with Gasteiger partial charge in [0.25, 0.3) is 5.91 Å². The van der Waals surface area contributed by atoms with Crippen molar-refractivity contribution in [2.75, 3.05) is 6.54 Å². The van der Waals surface area contributed by atoms with Gasteiger partial charge in [-0.3, -0.25) is 4.79 Å². The molecule has 0 radical (unpaired) electrons. The van der Waals surface area contributed by atoms with E-state index in [-0.39, 0.29) is 11.6 Å². The highest BCUT2D eigenvalue weighted by molar-refractivity contribution is 5.95. The molecule has 0 spiro atoms. The Hall–Kier alpha value is -2.70. The largest absolute Gasteiger partial charge is 0.480 e. The van der Waals surface area contributed by atoms with Crippen molar-refractivity contribution in [1.82, 2.24) is 19.9 Å². The minimum atomic E-state index is -0.976. The summed E-state index contributed by atoms with van der Waals surface area (Å²) in [6.07, 6.45) is 2.69. The number of carboxylic acid groups (broad SMARTS) is 1. The molecule has 1 aromatic carbocycles. The number of carbonyl (C=O) groups is 2. The second-order valence-corrected chi connectivity index (χ2v) is 4.88.